The molecule has 0 fully saturated rings. The monoisotopic (exact) mass is 1160 g/mol. The minimum Gasteiger partial charge on any atom is -0.0843 e. The third-order valence-electron chi connectivity index (χ3n) is 8.58. The third kappa shape index (κ3) is 14.9. The van der Waals surface area contributed by atoms with E-state index in [2.05, 4.69) is 0 Å². The van der Waals surface area contributed by atoms with Crippen molar-refractivity contribution in [1.82, 2.24) is 0 Å². The Labute approximate surface area is 451 Å². The predicted octanol–water partition coefficient (Wildman–Crippen LogP) is 23.9. The van der Waals surface area contributed by atoms with E-state index in [0.29, 0.717) is 91.5 Å². The SMILES string of the molecule is Clc1cc(Cl)cc(-c2cc(Cl)ccc2Cl)c1.Clc1ccc(-c2cc(Cl)ccc2Cl)c(Cl)c1.Clc1ccc(-c2ccc(Cl)cc2Cl)c(Cl)c1.Clc1cccc(Cl)c1-c1c(Cl)cccc1Cl. The van der Waals surface area contributed by atoms with Crippen molar-refractivity contribution in [1.29, 1.82) is 0 Å². The van der Waals surface area contributed by atoms with Crippen LogP contribution >= 0.6 is 186 Å². The van der Waals surface area contributed by atoms with E-state index in [1.54, 1.807) is 127 Å². The fraction of sp³-hybridized carbons (Fsp3) is 0. The molecule has 328 valence electrons. The molecule has 0 radical (unpaired) electrons. The highest BCUT2D eigenvalue weighted by Gasteiger charge is 2.15. The molecule has 16 heteroatoms. The van der Waals surface area contributed by atoms with Crippen molar-refractivity contribution in [2.45, 2.75) is 0 Å². The van der Waals surface area contributed by atoms with Crippen LogP contribution in [0.5, 0.6) is 0 Å². The first-order valence-corrected chi connectivity index (χ1v) is 24.0. The van der Waals surface area contributed by atoms with E-state index in [-0.39, 0.29) is 0 Å². The highest BCUT2D eigenvalue weighted by atomic mass is 35.5. The topological polar surface area (TPSA) is 0 Å². The van der Waals surface area contributed by atoms with E-state index in [1.165, 1.54) is 0 Å². The summed E-state index contributed by atoms with van der Waals surface area (Å²) in [5.74, 6) is 0. The summed E-state index contributed by atoms with van der Waals surface area (Å²) < 4.78 is 0. The van der Waals surface area contributed by atoms with Gasteiger partial charge in [-0.3, -0.25) is 0 Å². The molecule has 64 heavy (non-hydrogen) atoms. The van der Waals surface area contributed by atoms with Crippen LogP contribution in [-0.2, 0) is 0 Å². The summed E-state index contributed by atoms with van der Waals surface area (Å²) >= 11 is 96.1. The Kier molecular flexibility index (Phi) is 21.0. The Morgan fingerprint density at radius 2 is 0.484 bits per heavy atom. The van der Waals surface area contributed by atoms with Crippen LogP contribution in [0.2, 0.25) is 80.4 Å². The van der Waals surface area contributed by atoms with Crippen molar-refractivity contribution in [2.75, 3.05) is 0 Å². The molecular formula is C48H24Cl16. The molecule has 0 N–H and O–H groups in total. The predicted molar refractivity (Wildman–Crippen MR) is 288 cm³/mol. The molecule has 8 aromatic carbocycles. The van der Waals surface area contributed by atoms with Gasteiger partial charge in [0.25, 0.3) is 0 Å². The minimum absolute atomic E-state index is 0.530. The molecule has 0 aliphatic rings. The summed E-state index contributed by atoms with van der Waals surface area (Å²) in [6.07, 6.45) is 0. The summed E-state index contributed by atoms with van der Waals surface area (Å²) in [7, 11) is 0. The van der Waals surface area contributed by atoms with Crippen LogP contribution in [0, 0.1) is 0 Å². The maximum absolute atomic E-state index is 6.11. The Morgan fingerprint density at radius 3 is 0.844 bits per heavy atom. The smallest absolute Gasteiger partial charge is 0.0500 e. The Hall–Kier alpha value is -1.60. The molecule has 0 aliphatic carbocycles. The van der Waals surface area contributed by atoms with Crippen LogP contribution in [0.25, 0.3) is 44.5 Å². The maximum atomic E-state index is 6.11. The van der Waals surface area contributed by atoms with Crippen LogP contribution < -0.4 is 0 Å². The first kappa shape index (κ1) is 53.4. The molecule has 8 aromatic rings. The van der Waals surface area contributed by atoms with Crippen molar-refractivity contribution >= 4 is 186 Å². The van der Waals surface area contributed by atoms with Crippen molar-refractivity contribution in [3.05, 3.63) is 226 Å². The van der Waals surface area contributed by atoms with E-state index < -0.39 is 0 Å². The third-order valence-corrected chi connectivity index (χ3v) is 13.0. The molecule has 0 nitrogen and oxygen atoms in total. The Bertz CT molecular complexity index is 2770. The highest BCUT2D eigenvalue weighted by molar-refractivity contribution is 6.45. The lowest BCUT2D eigenvalue weighted by molar-refractivity contribution is 1.61. The van der Waals surface area contributed by atoms with E-state index in [4.69, 9.17) is 186 Å². The van der Waals surface area contributed by atoms with Gasteiger partial charge in [-0.05, 0) is 121 Å². The van der Waals surface area contributed by atoms with Crippen molar-refractivity contribution in [2.24, 2.45) is 0 Å². The lowest BCUT2D eigenvalue weighted by Crippen LogP contribution is -1.84. The number of benzene rings is 8. The number of halogens is 16. The minimum atomic E-state index is 0.530. The lowest BCUT2D eigenvalue weighted by atomic mass is 10.1. The fourth-order valence-corrected chi connectivity index (χ4v) is 9.75. The van der Waals surface area contributed by atoms with Crippen LogP contribution in [0.4, 0.5) is 0 Å². The van der Waals surface area contributed by atoms with Gasteiger partial charge in [0.1, 0.15) is 0 Å². The van der Waals surface area contributed by atoms with Gasteiger partial charge in [-0.1, -0.05) is 216 Å². The number of hydrogen-bond donors (Lipinski definition) is 0. The van der Waals surface area contributed by atoms with Crippen molar-refractivity contribution in [3.63, 3.8) is 0 Å². The van der Waals surface area contributed by atoms with Crippen LogP contribution in [-0.4, -0.2) is 0 Å². The second-order valence-corrected chi connectivity index (χ2v) is 19.7. The van der Waals surface area contributed by atoms with Gasteiger partial charge in [0.2, 0.25) is 0 Å². The molecule has 0 atom stereocenters. The van der Waals surface area contributed by atoms with Crippen molar-refractivity contribution in [3.8, 4) is 44.5 Å². The van der Waals surface area contributed by atoms with Gasteiger partial charge in [0.05, 0.1) is 0 Å². The van der Waals surface area contributed by atoms with Crippen LogP contribution in [0.1, 0.15) is 0 Å². The summed E-state index contributed by atoms with van der Waals surface area (Å²) in [6.45, 7) is 0. The first-order valence-electron chi connectivity index (χ1n) is 17.9. The van der Waals surface area contributed by atoms with Gasteiger partial charge >= 0.3 is 0 Å². The zero-order valence-electron chi connectivity index (χ0n) is 31.9. The zero-order valence-corrected chi connectivity index (χ0v) is 44.0. The first-order chi connectivity index (χ1) is 30.3. The Balaban J connectivity index is 0.000000161. The molecular weight excluding hydrogens is 1140 g/mol. The molecule has 0 heterocycles. The summed E-state index contributed by atoms with van der Waals surface area (Å²) in [6, 6.07) is 42.2. The quantitative estimate of drug-likeness (QED) is 0.165. The normalized spacial score (nSPS) is 10.5. The fourth-order valence-electron chi connectivity index (χ4n) is 5.73. The molecule has 8 rings (SSSR count). The summed E-state index contributed by atoms with van der Waals surface area (Å²) in [5.41, 5.74) is 6.31. The maximum Gasteiger partial charge on any atom is 0.0500 e. The van der Waals surface area contributed by atoms with Gasteiger partial charge in [0.15, 0.2) is 0 Å². The standard InChI is InChI=1S/4C12H6Cl4/c13-7-2-4-11(15)10(5-7)9-3-1-8(14)6-12(9)16;13-7-1-3-9(11(15)5-7)10-4-2-8(14)6-12(10)16;13-7-3-1-4-8(14)11(7)12-9(15)5-2-6-10(12)16;13-8-1-2-12(16)11(6-8)7-3-9(14)5-10(15)4-7/h4*1-6H. The molecule has 0 saturated carbocycles. The molecule has 0 aromatic heterocycles. The molecule has 0 amide bonds. The molecule has 0 aliphatic heterocycles. The average molecular weight is 1170 g/mol. The second kappa shape index (κ2) is 25.1. The van der Waals surface area contributed by atoms with E-state index in [0.717, 1.165) is 33.4 Å². The number of rotatable bonds is 4. The summed E-state index contributed by atoms with van der Waals surface area (Å²) in [4.78, 5) is 0. The van der Waals surface area contributed by atoms with Gasteiger partial charge in [-0.2, -0.15) is 0 Å². The second-order valence-electron chi connectivity index (χ2n) is 13.0. The van der Waals surface area contributed by atoms with Gasteiger partial charge in [-0.15, -0.1) is 0 Å². The molecule has 0 saturated heterocycles. The Morgan fingerprint density at radius 1 is 0.188 bits per heavy atom. The van der Waals surface area contributed by atoms with Gasteiger partial charge < -0.3 is 0 Å². The molecule has 0 unspecified atom stereocenters. The van der Waals surface area contributed by atoms with E-state index in [1.807, 2.05) is 18.2 Å². The molecule has 0 bridgehead atoms. The summed E-state index contributed by atoms with van der Waals surface area (Å²) in [5, 5.41) is 9.18. The largest absolute Gasteiger partial charge is 0.0843 e. The van der Waals surface area contributed by atoms with Gasteiger partial charge in [0, 0.05) is 119 Å². The van der Waals surface area contributed by atoms with Crippen LogP contribution in [0.3, 0.4) is 0 Å². The van der Waals surface area contributed by atoms with Crippen molar-refractivity contribution < 1.29 is 0 Å². The van der Waals surface area contributed by atoms with E-state index in [9.17, 15) is 0 Å². The molecule has 0 spiro atoms. The van der Waals surface area contributed by atoms with Crippen LogP contribution in [0.15, 0.2) is 146 Å². The average Bonchev–Trinajstić information content (AvgIpc) is 3.22. The highest BCUT2D eigenvalue weighted by Crippen LogP contribution is 2.43. The van der Waals surface area contributed by atoms with Gasteiger partial charge in [-0.25, -0.2) is 0 Å². The zero-order chi connectivity index (χ0) is 46.8. The number of hydrogen-bond acceptors (Lipinski definition) is 0. The lowest BCUT2D eigenvalue weighted by Gasteiger charge is -2.10. The van der Waals surface area contributed by atoms with E-state index >= 15 is 0 Å².